The summed E-state index contributed by atoms with van der Waals surface area (Å²) < 4.78 is 0.676. The predicted octanol–water partition coefficient (Wildman–Crippen LogP) is 2.61. The lowest BCUT2D eigenvalue weighted by molar-refractivity contribution is 0.0697. The Morgan fingerprint density at radius 1 is 1.75 bits per heavy atom. The molecule has 2 atom stereocenters. The van der Waals surface area contributed by atoms with E-state index in [1.54, 1.807) is 12.3 Å². The number of carbonyl (C=O) groups is 1. The van der Waals surface area contributed by atoms with Gasteiger partial charge in [0.05, 0.1) is 0 Å². The molecule has 1 aliphatic carbocycles. The minimum Gasteiger partial charge on any atom is -0.478 e. The number of carboxylic acids is 1. The van der Waals surface area contributed by atoms with Crippen LogP contribution in [-0.2, 0) is 0 Å². The largest absolute Gasteiger partial charge is 0.478 e. The van der Waals surface area contributed by atoms with Gasteiger partial charge in [0.15, 0.2) is 0 Å². The molecule has 0 aromatic carbocycles. The summed E-state index contributed by atoms with van der Waals surface area (Å²) in [5.41, 5.74) is 0.211. The van der Waals surface area contributed by atoms with Gasteiger partial charge in [-0.25, -0.2) is 9.78 Å². The van der Waals surface area contributed by atoms with Crippen LogP contribution in [0.5, 0.6) is 0 Å². The Bertz CT molecular complexity index is 422. The molecular formula is C11H13BrN2O2. The highest BCUT2D eigenvalue weighted by Gasteiger charge is 2.32. The average Bonchev–Trinajstić information content (AvgIpc) is 2.92. The number of carboxylic acid groups (broad SMARTS) is 1. The molecule has 0 bridgehead atoms. The summed E-state index contributed by atoms with van der Waals surface area (Å²) in [4.78, 5) is 15.1. The van der Waals surface area contributed by atoms with Crippen molar-refractivity contribution in [3.63, 3.8) is 0 Å². The fourth-order valence-electron chi connectivity index (χ4n) is 1.65. The average molecular weight is 285 g/mol. The van der Waals surface area contributed by atoms with Crippen molar-refractivity contribution in [2.75, 3.05) is 11.9 Å². The van der Waals surface area contributed by atoms with Gasteiger partial charge >= 0.3 is 5.97 Å². The van der Waals surface area contributed by atoms with E-state index in [4.69, 9.17) is 5.11 Å². The van der Waals surface area contributed by atoms with E-state index in [0.29, 0.717) is 16.2 Å². The molecule has 5 heteroatoms. The van der Waals surface area contributed by atoms with Gasteiger partial charge in [-0.05, 0) is 40.3 Å². The van der Waals surface area contributed by atoms with E-state index < -0.39 is 5.97 Å². The van der Waals surface area contributed by atoms with Gasteiger partial charge in [-0.3, -0.25) is 0 Å². The first kappa shape index (κ1) is 11.4. The van der Waals surface area contributed by atoms with Crippen LogP contribution in [0.4, 0.5) is 5.82 Å². The Kier molecular flexibility index (Phi) is 3.14. The highest BCUT2D eigenvalue weighted by molar-refractivity contribution is 9.10. The molecule has 16 heavy (non-hydrogen) atoms. The molecule has 1 saturated carbocycles. The van der Waals surface area contributed by atoms with Gasteiger partial charge in [0, 0.05) is 17.2 Å². The van der Waals surface area contributed by atoms with Crippen molar-refractivity contribution in [2.24, 2.45) is 11.8 Å². The van der Waals surface area contributed by atoms with Gasteiger partial charge in [0.2, 0.25) is 0 Å². The SMILES string of the molecule is CC1CC1CNc1ncc(Br)cc1C(=O)O. The first-order chi connectivity index (χ1) is 7.58. The summed E-state index contributed by atoms with van der Waals surface area (Å²) in [6, 6.07) is 1.56. The van der Waals surface area contributed by atoms with Crippen LogP contribution >= 0.6 is 15.9 Å². The van der Waals surface area contributed by atoms with Gasteiger partial charge in [0.25, 0.3) is 0 Å². The molecule has 2 unspecified atom stereocenters. The highest BCUT2D eigenvalue weighted by Crippen LogP contribution is 2.37. The zero-order chi connectivity index (χ0) is 11.7. The second-order valence-corrected chi connectivity index (χ2v) is 5.12. The van der Waals surface area contributed by atoms with E-state index in [-0.39, 0.29) is 5.56 Å². The maximum absolute atomic E-state index is 11.0. The Morgan fingerprint density at radius 3 is 3.00 bits per heavy atom. The van der Waals surface area contributed by atoms with Crippen molar-refractivity contribution in [1.29, 1.82) is 0 Å². The van der Waals surface area contributed by atoms with Crippen LogP contribution in [0.15, 0.2) is 16.7 Å². The second kappa shape index (κ2) is 4.41. The molecule has 0 radical (unpaired) electrons. The lowest BCUT2D eigenvalue weighted by Crippen LogP contribution is -2.11. The van der Waals surface area contributed by atoms with E-state index in [2.05, 4.69) is 33.2 Å². The summed E-state index contributed by atoms with van der Waals surface area (Å²) in [7, 11) is 0. The number of nitrogens with one attached hydrogen (secondary N) is 1. The zero-order valence-electron chi connectivity index (χ0n) is 8.90. The maximum Gasteiger partial charge on any atom is 0.339 e. The fraction of sp³-hybridized carbons (Fsp3) is 0.455. The molecule has 2 rings (SSSR count). The minimum absolute atomic E-state index is 0.211. The Morgan fingerprint density at radius 2 is 2.44 bits per heavy atom. The monoisotopic (exact) mass is 284 g/mol. The molecule has 0 spiro atoms. The first-order valence-corrected chi connectivity index (χ1v) is 6.00. The summed E-state index contributed by atoms with van der Waals surface area (Å²) in [5.74, 6) is 0.901. The summed E-state index contributed by atoms with van der Waals surface area (Å²) >= 11 is 3.21. The van der Waals surface area contributed by atoms with Gasteiger partial charge in [-0.1, -0.05) is 6.92 Å². The van der Waals surface area contributed by atoms with Crippen LogP contribution < -0.4 is 5.32 Å². The Labute approximate surface area is 102 Å². The first-order valence-electron chi connectivity index (χ1n) is 5.20. The van der Waals surface area contributed by atoms with E-state index in [1.165, 1.54) is 6.42 Å². The molecule has 1 aliphatic rings. The molecule has 1 aromatic rings. The van der Waals surface area contributed by atoms with Crippen LogP contribution in [0.1, 0.15) is 23.7 Å². The van der Waals surface area contributed by atoms with E-state index >= 15 is 0 Å². The molecule has 1 aromatic heterocycles. The van der Waals surface area contributed by atoms with Crippen molar-refractivity contribution in [2.45, 2.75) is 13.3 Å². The minimum atomic E-state index is -0.958. The summed E-state index contributed by atoms with van der Waals surface area (Å²) in [6.45, 7) is 3.00. The zero-order valence-corrected chi connectivity index (χ0v) is 10.5. The number of aromatic carboxylic acids is 1. The molecule has 0 saturated heterocycles. The summed E-state index contributed by atoms with van der Waals surface area (Å²) in [6.07, 6.45) is 2.82. The molecule has 0 amide bonds. The third-order valence-electron chi connectivity index (χ3n) is 2.89. The van der Waals surface area contributed by atoms with E-state index in [1.807, 2.05) is 0 Å². The maximum atomic E-state index is 11.0. The van der Waals surface area contributed by atoms with Gasteiger partial charge in [-0.2, -0.15) is 0 Å². The van der Waals surface area contributed by atoms with Gasteiger partial charge < -0.3 is 10.4 Å². The number of pyridine rings is 1. The lowest BCUT2D eigenvalue weighted by Gasteiger charge is -2.08. The number of nitrogens with zero attached hydrogens (tertiary/aromatic N) is 1. The summed E-state index contributed by atoms with van der Waals surface area (Å²) in [5, 5.41) is 12.1. The van der Waals surface area contributed by atoms with Crippen molar-refractivity contribution in [1.82, 2.24) is 4.98 Å². The van der Waals surface area contributed by atoms with Crippen LogP contribution in [0.2, 0.25) is 0 Å². The van der Waals surface area contributed by atoms with E-state index in [0.717, 1.165) is 12.5 Å². The molecule has 0 aliphatic heterocycles. The second-order valence-electron chi connectivity index (χ2n) is 4.21. The van der Waals surface area contributed by atoms with Crippen molar-refractivity contribution < 1.29 is 9.90 Å². The number of anilines is 1. The van der Waals surface area contributed by atoms with Crippen LogP contribution in [-0.4, -0.2) is 22.6 Å². The molecule has 2 N–H and O–H groups in total. The van der Waals surface area contributed by atoms with Gasteiger partial charge in [-0.15, -0.1) is 0 Å². The van der Waals surface area contributed by atoms with Crippen molar-refractivity contribution in [3.05, 3.63) is 22.3 Å². The van der Waals surface area contributed by atoms with Crippen molar-refractivity contribution >= 4 is 27.7 Å². The van der Waals surface area contributed by atoms with E-state index in [9.17, 15) is 4.79 Å². The van der Waals surface area contributed by atoms with Gasteiger partial charge in [0.1, 0.15) is 11.4 Å². The molecule has 86 valence electrons. The quantitative estimate of drug-likeness (QED) is 0.892. The number of rotatable bonds is 4. The van der Waals surface area contributed by atoms with Crippen LogP contribution in [0.25, 0.3) is 0 Å². The number of hydrogen-bond acceptors (Lipinski definition) is 3. The smallest absolute Gasteiger partial charge is 0.339 e. The number of halogens is 1. The van der Waals surface area contributed by atoms with Crippen LogP contribution in [0, 0.1) is 11.8 Å². The Balaban J connectivity index is 2.09. The molecule has 4 nitrogen and oxygen atoms in total. The van der Waals surface area contributed by atoms with Crippen molar-refractivity contribution in [3.8, 4) is 0 Å². The number of hydrogen-bond donors (Lipinski definition) is 2. The molecule has 1 heterocycles. The normalized spacial score (nSPS) is 22.9. The van der Waals surface area contributed by atoms with Crippen LogP contribution in [0.3, 0.4) is 0 Å². The third kappa shape index (κ3) is 2.52. The standard InChI is InChI=1S/C11H13BrN2O2/c1-6-2-7(6)4-13-10-9(11(15)16)3-8(12)5-14-10/h3,5-7H,2,4H2,1H3,(H,13,14)(H,15,16). The highest BCUT2D eigenvalue weighted by atomic mass is 79.9. The predicted molar refractivity (Wildman–Crippen MR) is 64.7 cm³/mol. The molecular weight excluding hydrogens is 272 g/mol. The lowest BCUT2D eigenvalue weighted by atomic mass is 10.2. The Hall–Kier alpha value is -1.10. The topological polar surface area (TPSA) is 62.2 Å². The number of aromatic nitrogens is 1. The molecule has 1 fully saturated rings. The third-order valence-corrected chi connectivity index (χ3v) is 3.33. The fourth-order valence-corrected chi connectivity index (χ4v) is 1.99.